The van der Waals surface area contributed by atoms with E-state index in [-0.39, 0.29) is 23.5 Å². The molecular formula is C15H24N4O3S. The largest absolute Gasteiger partial charge is 0.354 e. The van der Waals surface area contributed by atoms with Gasteiger partial charge in [0.1, 0.15) is 5.69 Å². The van der Waals surface area contributed by atoms with Crippen LogP contribution < -0.4 is 5.32 Å². The maximum absolute atomic E-state index is 12.6. The number of amides is 1. The predicted molar refractivity (Wildman–Crippen MR) is 89.3 cm³/mol. The molecule has 128 valence electrons. The molecule has 0 aliphatic carbocycles. The summed E-state index contributed by atoms with van der Waals surface area (Å²) in [5, 5.41) is 3.11. The summed E-state index contributed by atoms with van der Waals surface area (Å²) < 4.78 is 23.2. The molecule has 1 fully saturated rings. The van der Waals surface area contributed by atoms with Crippen LogP contribution in [0.5, 0.6) is 0 Å². The van der Waals surface area contributed by atoms with Gasteiger partial charge in [-0.1, -0.05) is 13.3 Å². The van der Waals surface area contributed by atoms with Gasteiger partial charge in [-0.25, -0.2) is 18.4 Å². The molecule has 1 unspecified atom stereocenters. The summed E-state index contributed by atoms with van der Waals surface area (Å²) in [5.74, 6) is 0.341. The monoisotopic (exact) mass is 340 g/mol. The number of anilines is 1. The molecule has 1 aromatic rings. The molecule has 1 atom stereocenters. The van der Waals surface area contributed by atoms with Crippen LogP contribution in [0, 0.1) is 6.92 Å². The van der Waals surface area contributed by atoms with E-state index in [9.17, 15) is 13.2 Å². The number of nitrogens with one attached hydrogen (secondary N) is 1. The van der Waals surface area contributed by atoms with Crippen LogP contribution in [0.15, 0.2) is 6.07 Å². The number of aromatic nitrogens is 2. The molecule has 0 aromatic carbocycles. The Bertz CT molecular complexity index is 675. The number of hydrogen-bond donors (Lipinski definition) is 1. The highest BCUT2D eigenvalue weighted by Gasteiger charge is 2.33. The van der Waals surface area contributed by atoms with Crippen molar-refractivity contribution >= 4 is 21.7 Å². The first kappa shape index (κ1) is 17.7. The van der Waals surface area contributed by atoms with Crippen LogP contribution in [0.3, 0.4) is 0 Å². The fraction of sp³-hybridized carbons (Fsp3) is 0.667. The molecule has 1 aromatic heterocycles. The van der Waals surface area contributed by atoms with Gasteiger partial charge in [0.2, 0.25) is 5.95 Å². The van der Waals surface area contributed by atoms with Gasteiger partial charge in [-0.05, 0) is 25.8 Å². The summed E-state index contributed by atoms with van der Waals surface area (Å²) in [4.78, 5) is 22.6. The standard InChI is InChI=1S/C15H24N4O3S/c1-4-5-7-16-15-17-11(2)9-13(18-15)14(20)19(3)12-6-8-23(21,22)10-12/h9,12H,4-8,10H2,1-3H3,(H,16,17,18). The fourth-order valence-electron chi connectivity index (χ4n) is 2.56. The van der Waals surface area contributed by atoms with Crippen molar-refractivity contribution in [3.8, 4) is 0 Å². The van der Waals surface area contributed by atoms with Crippen LogP contribution in [-0.2, 0) is 9.84 Å². The van der Waals surface area contributed by atoms with Crippen molar-refractivity contribution in [1.29, 1.82) is 0 Å². The molecule has 2 heterocycles. The van der Waals surface area contributed by atoms with E-state index in [2.05, 4.69) is 22.2 Å². The molecule has 1 amide bonds. The minimum Gasteiger partial charge on any atom is -0.354 e. The summed E-state index contributed by atoms with van der Waals surface area (Å²) >= 11 is 0. The lowest BCUT2D eigenvalue weighted by Gasteiger charge is -2.23. The second-order valence-electron chi connectivity index (χ2n) is 5.97. The second-order valence-corrected chi connectivity index (χ2v) is 8.20. The molecule has 1 aliphatic rings. The second kappa shape index (κ2) is 7.25. The summed E-state index contributed by atoms with van der Waals surface area (Å²) in [6.45, 7) is 4.66. The molecule has 7 nitrogen and oxygen atoms in total. The lowest BCUT2D eigenvalue weighted by atomic mass is 10.2. The van der Waals surface area contributed by atoms with Crippen molar-refractivity contribution in [2.24, 2.45) is 0 Å². The van der Waals surface area contributed by atoms with Gasteiger partial charge in [-0.3, -0.25) is 4.79 Å². The Labute approximate surface area is 137 Å². The SMILES string of the molecule is CCCCNc1nc(C)cc(C(=O)N(C)C2CCS(=O)(=O)C2)n1. The van der Waals surface area contributed by atoms with Gasteiger partial charge < -0.3 is 10.2 Å². The van der Waals surface area contributed by atoms with E-state index in [0.717, 1.165) is 19.4 Å². The highest BCUT2D eigenvalue weighted by atomic mass is 32.2. The number of carbonyl (C=O) groups is 1. The van der Waals surface area contributed by atoms with Crippen LogP contribution in [0.1, 0.15) is 42.4 Å². The van der Waals surface area contributed by atoms with Crippen molar-refractivity contribution in [2.45, 2.75) is 39.2 Å². The highest BCUT2D eigenvalue weighted by Crippen LogP contribution is 2.18. The minimum absolute atomic E-state index is 0.0287. The van der Waals surface area contributed by atoms with E-state index in [1.807, 2.05) is 6.92 Å². The molecule has 0 radical (unpaired) electrons. The number of rotatable bonds is 6. The van der Waals surface area contributed by atoms with Crippen LogP contribution in [0.4, 0.5) is 5.95 Å². The van der Waals surface area contributed by atoms with E-state index in [1.54, 1.807) is 13.1 Å². The predicted octanol–water partition coefficient (Wildman–Crippen LogP) is 1.26. The Morgan fingerprint density at radius 3 is 2.78 bits per heavy atom. The van der Waals surface area contributed by atoms with Gasteiger partial charge >= 0.3 is 0 Å². The lowest BCUT2D eigenvalue weighted by Crippen LogP contribution is -2.38. The van der Waals surface area contributed by atoms with Crippen LogP contribution >= 0.6 is 0 Å². The van der Waals surface area contributed by atoms with Crippen LogP contribution in [0.2, 0.25) is 0 Å². The number of hydrogen-bond acceptors (Lipinski definition) is 6. The van der Waals surface area contributed by atoms with E-state index < -0.39 is 9.84 Å². The summed E-state index contributed by atoms with van der Waals surface area (Å²) in [6.07, 6.45) is 2.54. The van der Waals surface area contributed by atoms with Gasteiger partial charge in [0.25, 0.3) is 5.91 Å². The van der Waals surface area contributed by atoms with E-state index in [4.69, 9.17) is 0 Å². The third-order valence-corrected chi connectivity index (χ3v) is 5.71. The minimum atomic E-state index is -3.03. The Balaban J connectivity index is 2.12. The van der Waals surface area contributed by atoms with E-state index in [1.165, 1.54) is 4.90 Å². The molecule has 1 saturated heterocycles. The first-order valence-corrected chi connectivity index (χ1v) is 9.71. The number of aryl methyl sites for hydroxylation is 1. The van der Waals surface area contributed by atoms with Crippen molar-refractivity contribution in [3.05, 3.63) is 17.5 Å². The molecule has 1 aliphatic heterocycles. The topological polar surface area (TPSA) is 92.3 Å². The molecular weight excluding hydrogens is 316 g/mol. The number of unbranched alkanes of at least 4 members (excludes halogenated alkanes) is 1. The third kappa shape index (κ3) is 4.63. The maximum Gasteiger partial charge on any atom is 0.272 e. The van der Waals surface area contributed by atoms with Crippen molar-refractivity contribution in [2.75, 3.05) is 30.4 Å². The molecule has 1 N–H and O–H groups in total. The van der Waals surface area contributed by atoms with Crippen molar-refractivity contribution in [1.82, 2.24) is 14.9 Å². The summed E-state index contributed by atoms with van der Waals surface area (Å²) in [6, 6.07) is 1.35. The molecule has 0 bridgehead atoms. The average Bonchev–Trinajstić information content (AvgIpc) is 2.85. The molecule has 23 heavy (non-hydrogen) atoms. The molecule has 0 saturated carbocycles. The van der Waals surface area contributed by atoms with Crippen molar-refractivity contribution < 1.29 is 13.2 Å². The number of sulfone groups is 1. The van der Waals surface area contributed by atoms with Gasteiger partial charge in [0, 0.05) is 25.3 Å². The fourth-order valence-corrected chi connectivity index (χ4v) is 4.34. The molecule has 0 spiro atoms. The molecule has 2 rings (SSSR count). The lowest BCUT2D eigenvalue weighted by molar-refractivity contribution is 0.0741. The summed E-state index contributed by atoms with van der Waals surface area (Å²) in [7, 11) is -1.39. The van der Waals surface area contributed by atoms with Crippen LogP contribution in [0.25, 0.3) is 0 Å². The number of nitrogens with zero attached hydrogens (tertiary/aromatic N) is 3. The molecule has 8 heteroatoms. The Kier molecular flexibility index (Phi) is 5.56. The van der Waals surface area contributed by atoms with E-state index >= 15 is 0 Å². The Hall–Kier alpha value is -1.70. The zero-order valence-electron chi connectivity index (χ0n) is 13.9. The van der Waals surface area contributed by atoms with Gasteiger partial charge in [-0.15, -0.1) is 0 Å². The van der Waals surface area contributed by atoms with Crippen molar-refractivity contribution in [3.63, 3.8) is 0 Å². The first-order chi connectivity index (χ1) is 10.8. The third-order valence-electron chi connectivity index (χ3n) is 3.96. The van der Waals surface area contributed by atoms with E-state index in [0.29, 0.717) is 23.8 Å². The zero-order chi connectivity index (χ0) is 17.0. The quantitative estimate of drug-likeness (QED) is 0.784. The Morgan fingerprint density at radius 1 is 1.43 bits per heavy atom. The first-order valence-electron chi connectivity index (χ1n) is 7.89. The Morgan fingerprint density at radius 2 is 2.17 bits per heavy atom. The smallest absolute Gasteiger partial charge is 0.272 e. The van der Waals surface area contributed by atoms with Gasteiger partial charge in [0.15, 0.2) is 9.84 Å². The highest BCUT2D eigenvalue weighted by molar-refractivity contribution is 7.91. The van der Waals surface area contributed by atoms with Crippen LogP contribution in [-0.4, -0.2) is 60.3 Å². The normalized spacial score (nSPS) is 19.5. The zero-order valence-corrected chi connectivity index (χ0v) is 14.7. The van der Waals surface area contributed by atoms with Gasteiger partial charge in [-0.2, -0.15) is 0 Å². The summed E-state index contributed by atoms with van der Waals surface area (Å²) in [5.41, 5.74) is 0.998. The maximum atomic E-state index is 12.6. The number of carbonyl (C=O) groups excluding carboxylic acids is 1. The van der Waals surface area contributed by atoms with Gasteiger partial charge in [0.05, 0.1) is 11.5 Å². The average molecular weight is 340 g/mol.